The van der Waals surface area contributed by atoms with Crippen LogP contribution in [-0.4, -0.2) is 54.9 Å². The monoisotopic (exact) mass is 222 g/mol. The van der Waals surface area contributed by atoms with E-state index in [9.17, 15) is 8.42 Å². The Hall–Kier alpha value is -0.170. The number of nitrogens with zero attached hydrogens (tertiary/aromatic N) is 2. The molecule has 6 heteroatoms. The average molecular weight is 222 g/mol. The van der Waals surface area contributed by atoms with Gasteiger partial charge in [0.15, 0.2) is 0 Å². The molecule has 0 saturated carbocycles. The molecule has 0 aromatic rings. The number of hydrogen-bond donors (Lipinski definition) is 1. The topological polar surface area (TPSA) is 60.9 Å². The second kappa shape index (κ2) is 5.06. The fourth-order valence-corrected chi connectivity index (χ4v) is 3.35. The molecular weight excluding hydrogens is 204 g/mol. The number of aliphatic hydroxyl groups is 1. The zero-order valence-electron chi connectivity index (χ0n) is 8.52. The lowest BCUT2D eigenvalue weighted by Gasteiger charge is -2.33. The molecule has 14 heavy (non-hydrogen) atoms. The molecule has 1 N–H and O–H groups in total. The summed E-state index contributed by atoms with van der Waals surface area (Å²) in [5.41, 5.74) is 0. The quantitative estimate of drug-likeness (QED) is 0.706. The Bertz CT molecular complexity index is 266. The SMILES string of the molecule is CCN1CCCN(CCCO)S1(=O)=O. The molecule has 0 radical (unpaired) electrons. The average Bonchev–Trinajstić information content (AvgIpc) is 2.15. The van der Waals surface area contributed by atoms with Gasteiger partial charge in [-0.15, -0.1) is 0 Å². The van der Waals surface area contributed by atoms with Gasteiger partial charge in [-0.2, -0.15) is 17.0 Å². The maximum Gasteiger partial charge on any atom is 0.281 e. The molecule has 0 unspecified atom stereocenters. The van der Waals surface area contributed by atoms with Crippen LogP contribution >= 0.6 is 0 Å². The first kappa shape index (κ1) is 11.9. The van der Waals surface area contributed by atoms with E-state index in [0.29, 0.717) is 32.6 Å². The van der Waals surface area contributed by atoms with Crippen LogP contribution in [0.5, 0.6) is 0 Å². The van der Waals surface area contributed by atoms with Crippen LogP contribution in [0.25, 0.3) is 0 Å². The van der Waals surface area contributed by atoms with Gasteiger partial charge < -0.3 is 5.11 Å². The summed E-state index contributed by atoms with van der Waals surface area (Å²) >= 11 is 0. The standard InChI is InChI=1S/C8H18N2O3S/c1-2-9-5-3-6-10(7-4-8-11)14(9,12)13/h11H,2-8H2,1H3. The molecule has 84 valence electrons. The first-order valence-corrected chi connectivity index (χ1v) is 6.38. The van der Waals surface area contributed by atoms with E-state index in [0.717, 1.165) is 6.42 Å². The molecule has 0 aliphatic carbocycles. The van der Waals surface area contributed by atoms with Gasteiger partial charge >= 0.3 is 0 Å². The van der Waals surface area contributed by atoms with E-state index in [-0.39, 0.29) is 6.61 Å². The van der Waals surface area contributed by atoms with Crippen LogP contribution in [0, 0.1) is 0 Å². The van der Waals surface area contributed by atoms with Crippen LogP contribution in [0.4, 0.5) is 0 Å². The Labute approximate surface area is 85.5 Å². The third-order valence-corrected chi connectivity index (χ3v) is 4.50. The Balaban J connectivity index is 2.66. The van der Waals surface area contributed by atoms with E-state index < -0.39 is 10.2 Å². The molecule has 0 aromatic carbocycles. The summed E-state index contributed by atoms with van der Waals surface area (Å²) in [5, 5.41) is 8.66. The molecule has 0 amide bonds. The molecule has 0 atom stereocenters. The lowest BCUT2D eigenvalue weighted by Crippen LogP contribution is -2.49. The fraction of sp³-hybridized carbons (Fsp3) is 1.00. The molecule has 1 aliphatic rings. The van der Waals surface area contributed by atoms with Gasteiger partial charge in [0.25, 0.3) is 10.2 Å². The van der Waals surface area contributed by atoms with E-state index in [4.69, 9.17) is 5.11 Å². The second-order valence-electron chi connectivity index (χ2n) is 3.33. The smallest absolute Gasteiger partial charge is 0.281 e. The molecule has 1 saturated heterocycles. The summed E-state index contributed by atoms with van der Waals surface area (Å²) in [4.78, 5) is 0. The zero-order valence-corrected chi connectivity index (χ0v) is 9.33. The van der Waals surface area contributed by atoms with Gasteiger partial charge in [0.05, 0.1) is 0 Å². The van der Waals surface area contributed by atoms with Crippen LogP contribution in [0.2, 0.25) is 0 Å². The number of hydrogen-bond acceptors (Lipinski definition) is 3. The highest BCUT2D eigenvalue weighted by atomic mass is 32.2. The highest BCUT2D eigenvalue weighted by Gasteiger charge is 2.31. The van der Waals surface area contributed by atoms with Gasteiger partial charge in [0.2, 0.25) is 0 Å². The van der Waals surface area contributed by atoms with Gasteiger partial charge in [0.1, 0.15) is 0 Å². The summed E-state index contributed by atoms with van der Waals surface area (Å²) in [6.45, 7) is 4.03. The first-order valence-electron chi connectivity index (χ1n) is 4.99. The van der Waals surface area contributed by atoms with E-state index in [2.05, 4.69) is 0 Å². The predicted molar refractivity (Wildman–Crippen MR) is 54.1 cm³/mol. The van der Waals surface area contributed by atoms with Crippen LogP contribution in [-0.2, 0) is 10.2 Å². The van der Waals surface area contributed by atoms with Crippen molar-refractivity contribution in [2.24, 2.45) is 0 Å². The minimum Gasteiger partial charge on any atom is -0.396 e. The van der Waals surface area contributed by atoms with E-state index in [1.165, 1.54) is 8.61 Å². The van der Waals surface area contributed by atoms with Gasteiger partial charge in [-0.25, -0.2) is 0 Å². The molecule has 1 rings (SSSR count). The third-order valence-electron chi connectivity index (χ3n) is 2.39. The molecule has 0 aromatic heterocycles. The van der Waals surface area contributed by atoms with Crippen molar-refractivity contribution in [1.29, 1.82) is 0 Å². The van der Waals surface area contributed by atoms with Crippen molar-refractivity contribution >= 4 is 10.2 Å². The van der Waals surface area contributed by atoms with E-state index in [1.807, 2.05) is 6.92 Å². The van der Waals surface area contributed by atoms with Crippen molar-refractivity contribution < 1.29 is 13.5 Å². The van der Waals surface area contributed by atoms with Gasteiger partial charge in [-0.1, -0.05) is 6.92 Å². The molecule has 5 nitrogen and oxygen atoms in total. The zero-order chi connectivity index (χ0) is 10.6. The lowest BCUT2D eigenvalue weighted by atomic mass is 10.4. The third kappa shape index (κ3) is 2.44. The van der Waals surface area contributed by atoms with Crippen molar-refractivity contribution in [2.45, 2.75) is 19.8 Å². The lowest BCUT2D eigenvalue weighted by molar-refractivity contribution is 0.247. The Morgan fingerprint density at radius 2 is 1.93 bits per heavy atom. The van der Waals surface area contributed by atoms with Crippen molar-refractivity contribution in [3.05, 3.63) is 0 Å². The Morgan fingerprint density at radius 1 is 1.29 bits per heavy atom. The summed E-state index contributed by atoms with van der Waals surface area (Å²) in [7, 11) is -3.23. The van der Waals surface area contributed by atoms with Crippen molar-refractivity contribution in [3.8, 4) is 0 Å². The highest BCUT2D eigenvalue weighted by Crippen LogP contribution is 2.15. The first-order chi connectivity index (χ1) is 6.62. The molecular formula is C8H18N2O3S. The van der Waals surface area contributed by atoms with Crippen LogP contribution < -0.4 is 0 Å². The second-order valence-corrected chi connectivity index (χ2v) is 5.26. The van der Waals surface area contributed by atoms with E-state index in [1.54, 1.807) is 0 Å². The van der Waals surface area contributed by atoms with Crippen molar-refractivity contribution in [3.63, 3.8) is 0 Å². The van der Waals surface area contributed by atoms with Gasteiger partial charge in [-0.05, 0) is 12.8 Å². The molecule has 1 fully saturated rings. The van der Waals surface area contributed by atoms with E-state index >= 15 is 0 Å². The summed E-state index contributed by atoms with van der Waals surface area (Å²) in [5.74, 6) is 0. The minimum atomic E-state index is -3.23. The predicted octanol–water partition coefficient (Wildman–Crippen LogP) is -0.359. The highest BCUT2D eigenvalue weighted by molar-refractivity contribution is 7.86. The van der Waals surface area contributed by atoms with Crippen LogP contribution in [0.15, 0.2) is 0 Å². The normalized spacial score (nSPS) is 23.9. The number of aliphatic hydroxyl groups excluding tert-OH is 1. The maximum atomic E-state index is 11.8. The van der Waals surface area contributed by atoms with Crippen LogP contribution in [0.3, 0.4) is 0 Å². The fourth-order valence-electron chi connectivity index (χ4n) is 1.61. The Kier molecular flexibility index (Phi) is 4.31. The summed E-state index contributed by atoms with van der Waals surface area (Å²) < 4.78 is 26.6. The molecule has 0 bridgehead atoms. The maximum absolute atomic E-state index is 11.8. The molecule has 0 spiro atoms. The summed E-state index contributed by atoms with van der Waals surface area (Å²) in [6.07, 6.45) is 1.38. The minimum absolute atomic E-state index is 0.0398. The van der Waals surface area contributed by atoms with Crippen molar-refractivity contribution in [1.82, 2.24) is 8.61 Å². The van der Waals surface area contributed by atoms with Gasteiger partial charge in [0, 0.05) is 32.8 Å². The Morgan fingerprint density at radius 3 is 2.50 bits per heavy atom. The summed E-state index contributed by atoms with van der Waals surface area (Å²) in [6, 6.07) is 0. The molecule has 1 aliphatic heterocycles. The molecule has 1 heterocycles. The number of rotatable bonds is 4. The van der Waals surface area contributed by atoms with Gasteiger partial charge in [-0.3, -0.25) is 0 Å². The van der Waals surface area contributed by atoms with Crippen LogP contribution in [0.1, 0.15) is 19.8 Å². The van der Waals surface area contributed by atoms with Crippen molar-refractivity contribution in [2.75, 3.05) is 32.8 Å². The largest absolute Gasteiger partial charge is 0.396 e.